The highest BCUT2D eigenvalue weighted by Crippen LogP contribution is 2.32. The summed E-state index contributed by atoms with van der Waals surface area (Å²) in [5, 5.41) is 10.6. The van der Waals surface area contributed by atoms with Crippen molar-refractivity contribution < 1.29 is 4.74 Å². The number of nitrogens with zero attached hydrogens (tertiary/aromatic N) is 2. The van der Waals surface area contributed by atoms with Gasteiger partial charge in [-0.15, -0.1) is 0 Å². The third-order valence-electron chi connectivity index (χ3n) is 3.29. The van der Waals surface area contributed by atoms with Crippen LogP contribution in [-0.4, -0.2) is 22.0 Å². The van der Waals surface area contributed by atoms with E-state index in [4.69, 9.17) is 4.74 Å². The Morgan fingerprint density at radius 2 is 2.00 bits per heavy atom. The molecule has 0 radical (unpaired) electrons. The predicted octanol–water partition coefficient (Wildman–Crippen LogP) is 3.29. The maximum atomic E-state index is 5.74. The molecule has 0 spiro atoms. The fraction of sp³-hybridized carbons (Fsp3) is 0.500. The van der Waals surface area contributed by atoms with Crippen LogP contribution in [-0.2, 0) is 18.3 Å². The van der Waals surface area contributed by atoms with Crippen molar-refractivity contribution in [2.75, 3.05) is 6.61 Å². The van der Waals surface area contributed by atoms with E-state index in [2.05, 4.69) is 54.4 Å². The van der Waals surface area contributed by atoms with E-state index in [1.54, 1.807) is 6.20 Å². The van der Waals surface area contributed by atoms with Gasteiger partial charge in [0.15, 0.2) is 0 Å². The molecular formula is C16H23N3O. The highest BCUT2D eigenvalue weighted by atomic mass is 16.5. The number of benzene rings is 1. The van der Waals surface area contributed by atoms with Crippen LogP contribution in [0.5, 0.6) is 5.75 Å². The van der Waals surface area contributed by atoms with Gasteiger partial charge in [0.1, 0.15) is 5.75 Å². The summed E-state index contributed by atoms with van der Waals surface area (Å²) in [6.07, 6.45) is 3.63. The molecular weight excluding hydrogens is 250 g/mol. The molecule has 2 rings (SSSR count). The Morgan fingerprint density at radius 1 is 1.20 bits per heavy atom. The molecule has 0 saturated heterocycles. The SMILES string of the molecule is CCOc1ccc(CCc2cn[nH]n2)cc1C(C)(C)C. The van der Waals surface area contributed by atoms with Gasteiger partial charge in [-0.25, -0.2) is 0 Å². The zero-order valence-corrected chi connectivity index (χ0v) is 12.7. The minimum absolute atomic E-state index is 0.0778. The molecule has 20 heavy (non-hydrogen) atoms. The number of aryl methyl sites for hydroxylation is 2. The summed E-state index contributed by atoms with van der Waals surface area (Å²) in [4.78, 5) is 0. The molecule has 0 fully saturated rings. The smallest absolute Gasteiger partial charge is 0.123 e. The molecule has 0 saturated carbocycles. The molecule has 0 amide bonds. The average Bonchev–Trinajstić information content (AvgIpc) is 2.90. The topological polar surface area (TPSA) is 50.8 Å². The molecule has 0 unspecified atom stereocenters. The second kappa shape index (κ2) is 6.07. The predicted molar refractivity (Wildman–Crippen MR) is 80.1 cm³/mol. The first-order chi connectivity index (χ1) is 9.50. The van der Waals surface area contributed by atoms with Crippen molar-refractivity contribution in [3.63, 3.8) is 0 Å². The molecule has 4 nitrogen and oxygen atoms in total. The van der Waals surface area contributed by atoms with Crippen molar-refractivity contribution in [3.05, 3.63) is 41.2 Å². The molecule has 0 aliphatic carbocycles. The van der Waals surface area contributed by atoms with Crippen LogP contribution in [0.1, 0.15) is 44.5 Å². The van der Waals surface area contributed by atoms with Gasteiger partial charge in [-0.05, 0) is 42.4 Å². The summed E-state index contributed by atoms with van der Waals surface area (Å²) >= 11 is 0. The molecule has 1 N–H and O–H groups in total. The lowest BCUT2D eigenvalue weighted by Crippen LogP contribution is -2.14. The number of nitrogens with one attached hydrogen (secondary N) is 1. The number of H-pyrrole nitrogens is 1. The molecule has 2 aromatic rings. The van der Waals surface area contributed by atoms with Crippen LogP contribution >= 0.6 is 0 Å². The summed E-state index contributed by atoms with van der Waals surface area (Å²) in [6, 6.07) is 6.48. The normalized spacial score (nSPS) is 11.6. The first-order valence-corrected chi connectivity index (χ1v) is 7.11. The molecule has 4 heteroatoms. The fourth-order valence-electron chi connectivity index (χ4n) is 2.22. The first-order valence-electron chi connectivity index (χ1n) is 7.11. The largest absolute Gasteiger partial charge is 0.494 e. The number of rotatable bonds is 5. The Morgan fingerprint density at radius 3 is 2.60 bits per heavy atom. The van der Waals surface area contributed by atoms with E-state index in [-0.39, 0.29) is 5.41 Å². The van der Waals surface area contributed by atoms with Crippen molar-refractivity contribution in [2.45, 2.75) is 46.0 Å². The zero-order chi connectivity index (χ0) is 14.6. The van der Waals surface area contributed by atoms with Crippen LogP contribution in [0.2, 0.25) is 0 Å². The number of ether oxygens (including phenoxy) is 1. The molecule has 0 aliphatic rings. The average molecular weight is 273 g/mol. The number of hydrogen-bond acceptors (Lipinski definition) is 3. The monoisotopic (exact) mass is 273 g/mol. The van der Waals surface area contributed by atoms with Gasteiger partial charge in [-0.3, -0.25) is 0 Å². The van der Waals surface area contributed by atoms with E-state index in [0.29, 0.717) is 6.61 Å². The zero-order valence-electron chi connectivity index (χ0n) is 12.7. The summed E-state index contributed by atoms with van der Waals surface area (Å²) in [5.41, 5.74) is 3.64. The van der Waals surface area contributed by atoms with Crippen LogP contribution in [0.25, 0.3) is 0 Å². The summed E-state index contributed by atoms with van der Waals surface area (Å²) in [6.45, 7) is 9.36. The van der Waals surface area contributed by atoms with Gasteiger partial charge in [-0.2, -0.15) is 15.4 Å². The van der Waals surface area contributed by atoms with Gasteiger partial charge >= 0.3 is 0 Å². The summed E-state index contributed by atoms with van der Waals surface area (Å²) in [7, 11) is 0. The van der Waals surface area contributed by atoms with Crippen LogP contribution in [0.4, 0.5) is 0 Å². The number of hydrogen-bond donors (Lipinski definition) is 1. The Hall–Kier alpha value is -1.84. The van der Waals surface area contributed by atoms with Gasteiger partial charge in [0.2, 0.25) is 0 Å². The Kier molecular flexibility index (Phi) is 4.42. The highest BCUT2D eigenvalue weighted by Gasteiger charge is 2.19. The Balaban J connectivity index is 2.18. The molecule has 1 aromatic carbocycles. The van der Waals surface area contributed by atoms with E-state index in [0.717, 1.165) is 24.3 Å². The molecule has 1 aromatic heterocycles. The van der Waals surface area contributed by atoms with Crippen LogP contribution in [0.15, 0.2) is 24.4 Å². The van der Waals surface area contributed by atoms with Gasteiger partial charge in [0.05, 0.1) is 18.5 Å². The van der Waals surface area contributed by atoms with Gasteiger partial charge in [-0.1, -0.05) is 32.9 Å². The van der Waals surface area contributed by atoms with E-state index in [1.165, 1.54) is 11.1 Å². The second-order valence-electron chi connectivity index (χ2n) is 5.97. The van der Waals surface area contributed by atoms with Gasteiger partial charge in [0.25, 0.3) is 0 Å². The third-order valence-corrected chi connectivity index (χ3v) is 3.29. The lowest BCUT2D eigenvalue weighted by atomic mass is 9.85. The van der Waals surface area contributed by atoms with E-state index < -0.39 is 0 Å². The van der Waals surface area contributed by atoms with Crippen LogP contribution in [0, 0.1) is 0 Å². The van der Waals surface area contributed by atoms with E-state index >= 15 is 0 Å². The molecule has 0 aliphatic heterocycles. The van der Waals surface area contributed by atoms with Crippen LogP contribution < -0.4 is 4.74 Å². The fourth-order valence-corrected chi connectivity index (χ4v) is 2.22. The minimum Gasteiger partial charge on any atom is -0.494 e. The first kappa shape index (κ1) is 14.6. The standard InChI is InChI=1S/C16H23N3O/c1-5-20-15-9-7-12(10-14(15)16(2,3)4)6-8-13-11-17-19-18-13/h7,9-11H,5-6,8H2,1-4H3,(H,17,18,19). The maximum Gasteiger partial charge on any atom is 0.123 e. The maximum absolute atomic E-state index is 5.74. The second-order valence-corrected chi connectivity index (χ2v) is 5.97. The van der Waals surface area contributed by atoms with Crippen molar-refractivity contribution in [1.82, 2.24) is 15.4 Å². The van der Waals surface area contributed by atoms with Crippen molar-refractivity contribution >= 4 is 0 Å². The van der Waals surface area contributed by atoms with E-state index in [1.807, 2.05) is 6.92 Å². The number of aromatic amines is 1. The van der Waals surface area contributed by atoms with Crippen LogP contribution in [0.3, 0.4) is 0 Å². The highest BCUT2D eigenvalue weighted by molar-refractivity contribution is 5.41. The quantitative estimate of drug-likeness (QED) is 0.909. The Labute approximate surface area is 120 Å². The molecule has 0 atom stereocenters. The summed E-state index contributed by atoms with van der Waals surface area (Å²) in [5.74, 6) is 0.991. The lowest BCUT2D eigenvalue weighted by molar-refractivity contribution is 0.329. The van der Waals surface area contributed by atoms with Gasteiger partial charge < -0.3 is 4.74 Å². The summed E-state index contributed by atoms with van der Waals surface area (Å²) < 4.78 is 5.74. The van der Waals surface area contributed by atoms with E-state index in [9.17, 15) is 0 Å². The minimum atomic E-state index is 0.0778. The van der Waals surface area contributed by atoms with Crippen molar-refractivity contribution in [2.24, 2.45) is 0 Å². The van der Waals surface area contributed by atoms with Crippen molar-refractivity contribution in [3.8, 4) is 5.75 Å². The number of aromatic nitrogens is 3. The Bertz CT molecular complexity index is 541. The lowest BCUT2D eigenvalue weighted by Gasteiger charge is -2.23. The molecule has 108 valence electrons. The van der Waals surface area contributed by atoms with Crippen molar-refractivity contribution in [1.29, 1.82) is 0 Å². The van der Waals surface area contributed by atoms with Gasteiger partial charge in [0, 0.05) is 0 Å². The third kappa shape index (κ3) is 3.59. The molecule has 1 heterocycles. The molecule has 0 bridgehead atoms.